The molecule has 1 aliphatic carbocycles. The summed E-state index contributed by atoms with van der Waals surface area (Å²) in [6.07, 6.45) is 2.49. The third-order valence-electron chi connectivity index (χ3n) is 3.43. The van der Waals surface area contributed by atoms with Gasteiger partial charge >= 0.3 is 0 Å². The average Bonchev–Trinajstić information content (AvgIpc) is 3.21. The minimum atomic E-state index is -0.166. The minimum Gasteiger partial charge on any atom is -0.383 e. The number of ether oxygens (including phenoxy) is 1. The first kappa shape index (κ1) is 14.3. The fraction of sp³-hybridized carbons (Fsp3) is 0.600. The molecule has 1 saturated carbocycles. The Morgan fingerprint density at radius 1 is 1.37 bits per heavy atom. The van der Waals surface area contributed by atoms with Gasteiger partial charge in [0.25, 0.3) is 0 Å². The Labute approximate surface area is 114 Å². The van der Waals surface area contributed by atoms with Gasteiger partial charge in [0.05, 0.1) is 6.61 Å². The Morgan fingerprint density at radius 2 is 2.16 bits per heavy atom. The van der Waals surface area contributed by atoms with E-state index in [-0.39, 0.29) is 5.82 Å². The van der Waals surface area contributed by atoms with Crippen molar-refractivity contribution in [1.29, 1.82) is 0 Å². The second-order valence-electron chi connectivity index (χ2n) is 5.05. The molecule has 1 aromatic rings. The van der Waals surface area contributed by atoms with Crippen LogP contribution < -0.4 is 10.2 Å². The highest BCUT2D eigenvalue weighted by molar-refractivity contribution is 5.49. The fourth-order valence-electron chi connectivity index (χ4n) is 2.14. The van der Waals surface area contributed by atoms with Gasteiger partial charge in [-0.25, -0.2) is 4.39 Å². The predicted octanol–water partition coefficient (Wildman–Crippen LogP) is 2.55. The van der Waals surface area contributed by atoms with Gasteiger partial charge in [-0.3, -0.25) is 0 Å². The molecule has 0 unspecified atom stereocenters. The summed E-state index contributed by atoms with van der Waals surface area (Å²) < 4.78 is 18.8. The second-order valence-corrected chi connectivity index (χ2v) is 5.05. The molecule has 19 heavy (non-hydrogen) atoms. The van der Waals surface area contributed by atoms with E-state index in [0.29, 0.717) is 12.6 Å². The summed E-state index contributed by atoms with van der Waals surface area (Å²) in [5.41, 5.74) is 1.95. The number of anilines is 1. The van der Waals surface area contributed by atoms with Crippen LogP contribution in [0, 0.1) is 5.82 Å². The molecule has 1 aromatic carbocycles. The fourth-order valence-corrected chi connectivity index (χ4v) is 2.14. The molecule has 1 aliphatic rings. The molecular formula is C15H23FN2O. The van der Waals surface area contributed by atoms with Crippen molar-refractivity contribution in [2.24, 2.45) is 0 Å². The molecule has 3 nitrogen and oxygen atoms in total. The van der Waals surface area contributed by atoms with E-state index in [0.717, 1.165) is 30.9 Å². The lowest BCUT2D eigenvalue weighted by atomic mass is 10.1. The van der Waals surface area contributed by atoms with E-state index in [1.165, 1.54) is 12.8 Å². The van der Waals surface area contributed by atoms with Gasteiger partial charge in [0.2, 0.25) is 0 Å². The van der Waals surface area contributed by atoms with Crippen molar-refractivity contribution in [3.05, 3.63) is 29.6 Å². The van der Waals surface area contributed by atoms with Crippen LogP contribution in [0.25, 0.3) is 0 Å². The summed E-state index contributed by atoms with van der Waals surface area (Å²) in [6.45, 7) is 5.11. The van der Waals surface area contributed by atoms with E-state index in [2.05, 4.69) is 23.2 Å². The summed E-state index contributed by atoms with van der Waals surface area (Å²) in [4.78, 5) is 2.13. The number of likely N-dealkylation sites (N-methyl/N-ethyl adjacent to an activating group) is 1. The first-order valence-electron chi connectivity index (χ1n) is 6.99. The van der Waals surface area contributed by atoms with E-state index >= 15 is 0 Å². The number of rotatable bonds is 8. The Bertz CT molecular complexity index is 407. The van der Waals surface area contributed by atoms with Crippen LogP contribution in [-0.4, -0.2) is 32.8 Å². The summed E-state index contributed by atoms with van der Waals surface area (Å²) >= 11 is 0. The lowest BCUT2D eigenvalue weighted by Gasteiger charge is -2.23. The van der Waals surface area contributed by atoms with Gasteiger partial charge in [-0.1, -0.05) is 0 Å². The quantitative estimate of drug-likeness (QED) is 0.782. The molecule has 4 heteroatoms. The monoisotopic (exact) mass is 266 g/mol. The molecule has 106 valence electrons. The van der Waals surface area contributed by atoms with Crippen molar-refractivity contribution in [1.82, 2.24) is 5.32 Å². The average molecular weight is 266 g/mol. The van der Waals surface area contributed by atoms with Gasteiger partial charge in [-0.2, -0.15) is 0 Å². The maximum atomic E-state index is 13.7. The number of methoxy groups -OCH3 is 1. The lowest BCUT2D eigenvalue weighted by Crippen LogP contribution is -2.27. The van der Waals surface area contributed by atoms with Crippen LogP contribution in [0.2, 0.25) is 0 Å². The Hall–Kier alpha value is -1.13. The third kappa shape index (κ3) is 4.48. The number of nitrogens with one attached hydrogen (secondary N) is 1. The molecule has 0 radical (unpaired) electrons. The molecule has 0 amide bonds. The van der Waals surface area contributed by atoms with Gasteiger partial charge in [0, 0.05) is 38.5 Å². The normalized spacial score (nSPS) is 14.7. The number of halogens is 1. The number of hydrogen-bond acceptors (Lipinski definition) is 3. The second kappa shape index (κ2) is 6.87. The zero-order valence-corrected chi connectivity index (χ0v) is 11.8. The van der Waals surface area contributed by atoms with E-state index in [9.17, 15) is 4.39 Å². The SMILES string of the molecule is CCN(CCOC)c1cc(F)cc(CNC2CC2)c1. The van der Waals surface area contributed by atoms with Crippen LogP contribution in [-0.2, 0) is 11.3 Å². The van der Waals surface area contributed by atoms with Crippen LogP contribution >= 0.6 is 0 Å². The Balaban J connectivity index is 2.04. The topological polar surface area (TPSA) is 24.5 Å². The maximum absolute atomic E-state index is 13.7. The third-order valence-corrected chi connectivity index (χ3v) is 3.43. The van der Waals surface area contributed by atoms with E-state index in [1.807, 2.05) is 0 Å². The van der Waals surface area contributed by atoms with Crippen LogP contribution in [0.3, 0.4) is 0 Å². The van der Waals surface area contributed by atoms with Gasteiger partial charge in [-0.15, -0.1) is 0 Å². The molecule has 1 fully saturated rings. The van der Waals surface area contributed by atoms with Gasteiger partial charge in [0.15, 0.2) is 0 Å². The van der Waals surface area contributed by atoms with E-state index in [1.54, 1.807) is 19.2 Å². The first-order valence-corrected chi connectivity index (χ1v) is 6.99. The molecular weight excluding hydrogens is 243 g/mol. The van der Waals surface area contributed by atoms with Gasteiger partial charge in [-0.05, 0) is 43.5 Å². The van der Waals surface area contributed by atoms with Crippen molar-refractivity contribution < 1.29 is 9.13 Å². The molecule has 0 aromatic heterocycles. The van der Waals surface area contributed by atoms with Crippen molar-refractivity contribution in [2.75, 3.05) is 31.7 Å². The van der Waals surface area contributed by atoms with Gasteiger partial charge in [0.1, 0.15) is 5.82 Å². The maximum Gasteiger partial charge on any atom is 0.125 e. The standard InChI is InChI=1S/C15H23FN2O/c1-3-18(6-7-19-2)15-9-12(8-13(16)10-15)11-17-14-4-5-14/h8-10,14,17H,3-7,11H2,1-2H3. The van der Waals surface area contributed by atoms with E-state index in [4.69, 9.17) is 4.74 Å². The summed E-state index contributed by atoms with van der Waals surface area (Å²) in [5.74, 6) is -0.166. The highest BCUT2D eigenvalue weighted by Gasteiger charge is 2.20. The minimum absolute atomic E-state index is 0.166. The zero-order chi connectivity index (χ0) is 13.7. The highest BCUT2D eigenvalue weighted by atomic mass is 19.1. The van der Waals surface area contributed by atoms with Gasteiger partial charge < -0.3 is 15.0 Å². The Morgan fingerprint density at radius 3 is 2.79 bits per heavy atom. The van der Waals surface area contributed by atoms with Crippen LogP contribution in [0.4, 0.5) is 10.1 Å². The Kier molecular flexibility index (Phi) is 5.16. The smallest absolute Gasteiger partial charge is 0.125 e. The summed E-state index contributed by atoms with van der Waals surface area (Å²) in [6, 6.07) is 5.92. The molecule has 0 aliphatic heterocycles. The number of benzene rings is 1. The lowest BCUT2D eigenvalue weighted by molar-refractivity contribution is 0.205. The van der Waals surface area contributed by atoms with Crippen molar-refractivity contribution >= 4 is 5.69 Å². The first-order chi connectivity index (χ1) is 9.22. The van der Waals surface area contributed by atoms with Crippen LogP contribution in [0.5, 0.6) is 0 Å². The molecule has 0 bridgehead atoms. The van der Waals surface area contributed by atoms with Crippen LogP contribution in [0.1, 0.15) is 25.3 Å². The highest BCUT2D eigenvalue weighted by Crippen LogP contribution is 2.22. The largest absolute Gasteiger partial charge is 0.383 e. The van der Waals surface area contributed by atoms with Crippen LogP contribution in [0.15, 0.2) is 18.2 Å². The number of hydrogen-bond donors (Lipinski definition) is 1. The number of nitrogens with zero attached hydrogens (tertiary/aromatic N) is 1. The predicted molar refractivity (Wildman–Crippen MR) is 76.0 cm³/mol. The van der Waals surface area contributed by atoms with Crippen molar-refractivity contribution in [3.8, 4) is 0 Å². The summed E-state index contributed by atoms with van der Waals surface area (Å²) in [7, 11) is 1.68. The summed E-state index contributed by atoms with van der Waals surface area (Å²) in [5, 5.41) is 3.42. The molecule has 2 rings (SSSR count). The van der Waals surface area contributed by atoms with Crippen molar-refractivity contribution in [2.45, 2.75) is 32.4 Å². The van der Waals surface area contributed by atoms with E-state index < -0.39 is 0 Å². The molecule has 0 atom stereocenters. The molecule has 0 saturated heterocycles. The zero-order valence-electron chi connectivity index (χ0n) is 11.8. The molecule has 0 heterocycles. The van der Waals surface area contributed by atoms with Crippen molar-refractivity contribution in [3.63, 3.8) is 0 Å². The molecule has 1 N–H and O–H groups in total. The molecule has 0 spiro atoms.